The summed E-state index contributed by atoms with van der Waals surface area (Å²) < 4.78 is 13.6. The van der Waals surface area contributed by atoms with Gasteiger partial charge < -0.3 is 34.5 Å². The van der Waals surface area contributed by atoms with Crippen LogP contribution >= 0.6 is 0 Å². The number of aliphatic hydroxyl groups is 4. The van der Waals surface area contributed by atoms with E-state index >= 15 is 0 Å². The van der Waals surface area contributed by atoms with E-state index in [0.29, 0.717) is 12.1 Å². The van der Waals surface area contributed by atoms with Gasteiger partial charge in [-0.15, -0.1) is 0 Å². The van der Waals surface area contributed by atoms with Crippen molar-refractivity contribution in [2.45, 2.75) is 57.0 Å². The molecule has 1 aliphatic rings. The number of benzene rings is 2. The molecular weight excluding hydrogens is 398 g/mol. The van der Waals surface area contributed by atoms with E-state index in [-0.39, 0.29) is 6.10 Å². The molecule has 7 heteroatoms. The summed E-state index contributed by atoms with van der Waals surface area (Å²) in [7, 11) is 0. The molecule has 1 fully saturated rings. The molecule has 7 nitrogen and oxygen atoms in total. The average molecular weight is 427 g/mol. The summed E-state index contributed by atoms with van der Waals surface area (Å²) in [6, 6.07) is 15.7. The molecule has 0 amide bonds. The molecular formula is C24H29NO6. The van der Waals surface area contributed by atoms with Crippen LogP contribution in [0.25, 0.3) is 10.9 Å². The minimum atomic E-state index is -1.41. The second-order valence-corrected chi connectivity index (χ2v) is 8.29. The number of aliphatic hydroxyl groups excluding tert-OH is 4. The average Bonchev–Trinajstić information content (AvgIpc) is 3.12. The lowest BCUT2D eigenvalue weighted by Gasteiger charge is -2.40. The fourth-order valence-electron chi connectivity index (χ4n) is 4.13. The van der Waals surface area contributed by atoms with E-state index in [9.17, 15) is 20.4 Å². The zero-order valence-electron chi connectivity index (χ0n) is 17.6. The van der Waals surface area contributed by atoms with Gasteiger partial charge in [0.2, 0.25) is 0 Å². The Balaban J connectivity index is 1.66. The van der Waals surface area contributed by atoms with E-state index in [1.165, 1.54) is 0 Å². The van der Waals surface area contributed by atoms with Crippen LogP contribution in [0, 0.1) is 0 Å². The third-order valence-electron chi connectivity index (χ3n) is 5.67. The molecule has 3 aromatic rings. The third-order valence-corrected chi connectivity index (χ3v) is 5.67. The molecule has 0 unspecified atom stereocenters. The topological polar surface area (TPSA) is 104 Å². The highest BCUT2D eigenvalue weighted by Gasteiger charge is 2.44. The summed E-state index contributed by atoms with van der Waals surface area (Å²) in [6.07, 6.45) is -3.91. The summed E-state index contributed by atoms with van der Waals surface area (Å²) in [4.78, 5) is 0. The fourth-order valence-corrected chi connectivity index (χ4v) is 4.13. The van der Waals surface area contributed by atoms with Crippen molar-refractivity contribution < 1.29 is 29.9 Å². The quantitative estimate of drug-likeness (QED) is 0.480. The van der Waals surface area contributed by atoms with Crippen LogP contribution in [0.2, 0.25) is 0 Å². The monoisotopic (exact) mass is 427 g/mol. The van der Waals surface area contributed by atoms with Crippen LogP contribution < -0.4 is 4.74 Å². The summed E-state index contributed by atoms with van der Waals surface area (Å²) in [5.41, 5.74) is 2.74. The Hall–Kier alpha value is -2.42. The highest BCUT2D eigenvalue weighted by Crippen LogP contribution is 2.37. The van der Waals surface area contributed by atoms with Crippen molar-refractivity contribution in [2.75, 3.05) is 6.61 Å². The van der Waals surface area contributed by atoms with Gasteiger partial charge in [0.15, 0.2) is 0 Å². The number of ether oxygens (including phenoxy) is 2. The smallest absolute Gasteiger partial charge is 0.119 e. The van der Waals surface area contributed by atoms with Gasteiger partial charge in [-0.3, -0.25) is 0 Å². The Bertz CT molecular complexity index is 1010. The number of nitrogens with zero attached hydrogens (tertiary/aromatic N) is 1. The lowest BCUT2D eigenvalue weighted by atomic mass is 9.91. The zero-order chi connectivity index (χ0) is 22.1. The van der Waals surface area contributed by atoms with Gasteiger partial charge in [-0.25, -0.2) is 0 Å². The van der Waals surface area contributed by atoms with Crippen molar-refractivity contribution in [1.29, 1.82) is 0 Å². The van der Waals surface area contributed by atoms with Crippen molar-refractivity contribution in [3.63, 3.8) is 0 Å². The minimum absolute atomic E-state index is 0.111. The highest BCUT2D eigenvalue weighted by molar-refractivity contribution is 5.84. The van der Waals surface area contributed by atoms with Gasteiger partial charge in [0.05, 0.1) is 12.7 Å². The first-order valence-corrected chi connectivity index (χ1v) is 10.5. The predicted molar refractivity (Wildman–Crippen MR) is 116 cm³/mol. The fraction of sp³-hybridized carbons (Fsp3) is 0.417. The molecule has 1 aromatic heterocycles. The van der Waals surface area contributed by atoms with Crippen molar-refractivity contribution in [3.05, 3.63) is 65.9 Å². The molecule has 0 aliphatic carbocycles. The molecule has 2 heterocycles. The van der Waals surface area contributed by atoms with E-state index in [4.69, 9.17) is 9.47 Å². The van der Waals surface area contributed by atoms with Gasteiger partial charge in [-0.2, -0.15) is 0 Å². The van der Waals surface area contributed by atoms with Gasteiger partial charge in [-0.1, -0.05) is 30.3 Å². The lowest BCUT2D eigenvalue weighted by molar-refractivity contribution is -0.231. The first-order chi connectivity index (χ1) is 14.9. The van der Waals surface area contributed by atoms with Gasteiger partial charge in [-0.05, 0) is 37.6 Å². The maximum Gasteiger partial charge on any atom is 0.119 e. The second kappa shape index (κ2) is 8.98. The Labute approximate surface area is 181 Å². The van der Waals surface area contributed by atoms with E-state index < -0.39 is 37.1 Å². The Morgan fingerprint density at radius 1 is 0.968 bits per heavy atom. The number of aromatic nitrogens is 1. The molecule has 0 radical (unpaired) electrons. The highest BCUT2D eigenvalue weighted by atomic mass is 16.5. The summed E-state index contributed by atoms with van der Waals surface area (Å²) in [5, 5.41) is 41.3. The van der Waals surface area contributed by atoms with Crippen LogP contribution in [0.15, 0.2) is 54.7 Å². The van der Waals surface area contributed by atoms with E-state index in [1.54, 1.807) is 0 Å². The molecule has 2 aromatic carbocycles. The number of hydrogen-bond acceptors (Lipinski definition) is 6. The van der Waals surface area contributed by atoms with E-state index in [0.717, 1.165) is 22.2 Å². The SMILES string of the molecule is CC(C)Oc1ccc(Cn2cc([C@@H]3O[C@H](CO)[C@@H](O)[C@H](O)[C@H]3O)c3ccccc32)cc1. The molecule has 5 atom stereocenters. The first kappa shape index (κ1) is 21.8. The molecule has 0 spiro atoms. The summed E-state index contributed by atoms with van der Waals surface area (Å²) in [6.45, 7) is 4.12. The van der Waals surface area contributed by atoms with Crippen LogP contribution in [0.1, 0.15) is 31.1 Å². The maximum absolute atomic E-state index is 10.6. The number of hydrogen-bond donors (Lipinski definition) is 4. The molecule has 1 aliphatic heterocycles. The van der Waals surface area contributed by atoms with Crippen molar-refractivity contribution >= 4 is 10.9 Å². The van der Waals surface area contributed by atoms with Gasteiger partial charge >= 0.3 is 0 Å². The van der Waals surface area contributed by atoms with Gasteiger partial charge in [0.1, 0.15) is 36.3 Å². The third kappa shape index (κ3) is 4.33. The van der Waals surface area contributed by atoms with Crippen LogP contribution in [0.3, 0.4) is 0 Å². The van der Waals surface area contributed by atoms with Crippen molar-refractivity contribution in [2.24, 2.45) is 0 Å². The predicted octanol–water partition coefficient (Wildman–Crippen LogP) is 1.99. The van der Waals surface area contributed by atoms with Crippen LogP contribution in [0.4, 0.5) is 0 Å². The lowest BCUT2D eigenvalue weighted by Crippen LogP contribution is -2.55. The first-order valence-electron chi connectivity index (χ1n) is 10.5. The van der Waals surface area contributed by atoms with Crippen LogP contribution in [-0.2, 0) is 11.3 Å². The zero-order valence-corrected chi connectivity index (χ0v) is 17.6. The minimum Gasteiger partial charge on any atom is -0.491 e. The Morgan fingerprint density at radius 2 is 1.68 bits per heavy atom. The van der Waals surface area contributed by atoms with E-state index in [2.05, 4.69) is 4.57 Å². The molecule has 166 valence electrons. The van der Waals surface area contributed by atoms with Crippen LogP contribution in [0.5, 0.6) is 5.75 Å². The van der Waals surface area contributed by atoms with E-state index in [1.807, 2.05) is 68.6 Å². The largest absolute Gasteiger partial charge is 0.491 e. The second-order valence-electron chi connectivity index (χ2n) is 8.29. The molecule has 31 heavy (non-hydrogen) atoms. The molecule has 4 rings (SSSR count). The van der Waals surface area contributed by atoms with Crippen molar-refractivity contribution in [3.8, 4) is 5.75 Å². The molecule has 0 bridgehead atoms. The summed E-state index contributed by atoms with van der Waals surface area (Å²) >= 11 is 0. The molecule has 4 N–H and O–H groups in total. The number of para-hydroxylation sites is 1. The normalized spacial score (nSPS) is 26.5. The number of fused-ring (bicyclic) bond motifs is 1. The molecule has 1 saturated heterocycles. The maximum atomic E-state index is 10.6. The number of rotatable bonds is 6. The van der Waals surface area contributed by atoms with Gasteiger partial charge in [0, 0.05) is 29.2 Å². The Kier molecular flexibility index (Phi) is 6.31. The summed E-state index contributed by atoms with van der Waals surface area (Å²) in [5.74, 6) is 0.818. The van der Waals surface area contributed by atoms with Gasteiger partial charge in [0.25, 0.3) is 0 Å². The van der Waals surface area contributed by atoms with Crippen LogP contribution in [-0.4, -0.2) is 62.1 Å². The molecule has 0 saturated carbocycles. The Morgan fingerprint density at radius 3 is 2.35 bits per heavy atom. The standard InChI is InChI=1S/C24H29NO6/c1-14(2)30-16-9-7-15(8-10-16)11-25-12-18(17-5-3-4-6-19(17)25)24-23(29)22(28)21(27)20(13-26)31-24/h3-10,12,14,20-24,26-29H,11,13H2,1-2H3/t20-,21-,22+,23-,24+/m1/s1. The van der Waals surface area contributed by atoms with Crippen molar-refractivity contribution in [1.82, 2.24) is 4.57 Å².